The summed E-state index contributed by atoms with van der Waals surface area (Å²) in [5.74, 6) is 0.0797. The molecule has 1 atom stereocenters. The minimum absolute atomic E-state index is 0.147. The Morgan fingerprint density at radius 3 is 2.44 bits per heavy atom. The fourth-order valence-corrected chi connectivity index (χ4v) is 3.79. The van der Waals surface area contributed by atoms with Crippen LogP contribution in [-0.4, -0.2) is 27.0 Å². The van der Waals surface area contributed by atoms with Crippen molar-refractivity contribution in [3.63, 3.8) is 0 Å². The van der Waals surface area contributed by atoms with Crippen LogP contribution in [0.5, 0.6) is 5.75 Å². The summed E-state index contributed by atoms with van der Waals surface area (Å²) in [6.45, 7) is 5.35. The maximum absolute atomic E-state index is 12.2. The van der Waals surface area contributed by atoms with Crippen LogP contribution in [0.1, 0.15) is 25.8 Å². The average Bonchev–Trinajstić information content (AvgIpc) is 2.62. The van der Waals surface area contributed by atoms with Crippen LogP contribution in [0, 0.1) is 6.92 Å². The van der Waals surface area contributed by atoms with Gasteiger partial charge in [0.05, 0.1) is 4.90 Å². The molecule has 0 fully saturated rings. The van der Waals surface area contributed by atoms with E-state index in [4.69, 9.17) is 16.3 Å². The zero-order chi connectivity index (χ0) is 20.0. The quantitative estimate of drug-likeness (QED) is 0.694. The van der Waals surface area contributed by atoms with Crippen LogP contribution in [-0.2, 0) is 14.8 Å². The zero-order valence-electron chi connectivity index (χ0n) is 15.5. The van der Waals surface area contributed by atoms with Crippen molar-refractivity contribution in [3.8, 4) is 5.75 Å². The summed E-state index contributed by atoms with van der Waals surface area (Å²) in [6, 6.07) is 11.0. The number of carbonyl (C=O) groups is 1. The Kier molecular flexibility index (Phi) is 7.24. The molecule has 0 bridgehead atoms. The lowest BCUT2D eigenvalue weighted by Gasteiger charge is -2.13. The predicted octanol–water partition coefficient (Wildman–Crippen LogP) is 3.74. The van der Waals surface area contributed by atoms with Gasteiger partial charge in [0.25, 0.3) is 5.91 Å². The van der Waals surface area contributed by atoms with Crippen LogP contribution in [0.25, 0.3) is 0 Å². The average molecular weight is 411 g/mol. The Morgan fingerprint density at radius 2 is 1.85 bits per heavy atom. The van der Waals surface area contributed by atoms with E-state index in [1.54, 1.807) is 25.1 Å². The highest BCUT2D eigenvalue weighted by atomic mass is 35.5. The normalized spacial score (nSPS) is 12.4. The molecule has 2 N–H and O–H groups in total. The maximum Gasteiger partial charge on any atom is 0.262 e. The molecule has 0 spiro atoms. The summed E-state index contributed by atoms with van der Waals surface area (Å²) in [5.41, 5.74) is 1.50. The smallest absolute Gasteiger partial charge is 0.262 e. The van der Waals surface area contributed by atoms with Crippen molar-refractivity contribution in [3.05, 3.63) is 53.1 Å². The first-order valence-electron chi connectivity index (χ1n) is 8.52. The number of rotatable bonds is 8. The minimum Gasteiger partial charge on any atom is -0.484 e. The molecule has 0 unspecified atom stereocenters. The van der Waals surface area contributed by atoms with Gasteiger partial charge in [0.2, 0.25) is 10.0 Å². The molecule has 0 radical (unpaired) electrons. The lowest BCUT2D eigenvalue weighted by molar-refractivity contribution is -0.118. The maximum atomic E-state index is 12.2. The van der Waals surface area contributed by atoms with Crippen LogP contribution >= 0.6 is 11.6 Å². The Labute approximate surface area is 164 Å². The van der Waals surface area contributed by atoms with E-state index < -0.39 is 10.0 Å². The van der Waals surface area contributed by atoms with Crippen molar-refractivity contribution in [1.29, 1.82) is 0 Å². The van der Waals surface area contributed by atoms with Crippen molar-refractivity contribution in [2.75, 3.05) is 11.9 Å². The van der Waals surface area contributed by atoms with Crippen LogP contribution < -0.4 is 14.8 Å². The molecule has 6 nitrogen and oxygen atoms in total. The van der Waals surface area contributed by atoms with Crippen LogP contribution in [0.15, 0.2) is 47.4 Å². The van der Waals surface area contributed by atoms with E-state index >= 15 is 0 Å². The second-order valence-electron chi connectivity index (χ2n) is 6.20. The minimum atomic E-state index is -3.56. The summed E-state index contributed by atoms with van der Waals surface area (Å²) in [4.78, 5) is 12.2. The Balaban J connectivity index is 1.93. The van der Waals surface area contributed by atoms with E-state index in [1.807, 2.05) is 13.8 Å². The topological polar surface area (TPSA) is 84.5 Å². The predicted molar refractivity (Wildman–Crippen MR) is 107 cm³/mol. The monoisotopic (exact) mass is 410 g/mol. The second-order valence-corrected chi connectivity index (χ2v) is 8.35. The number of carbonyl (C=O) groups excluding carboxylic acids is 1. The number of sulfonamides is 1. The second kappa shape index (κ2) is 9.21. The molecule has 27 heavy (non-hydrogen) atoms. The highest BCUT2D eigenvalue weighted by molar-refractivity contribution is 7.89. The fourth-order valence-electron chi connectivity index (χ4n) is 2.23. The number of ether oxygens (including phenoxy) is 1. The standard InChI is InChI=1S/C19H23ClN2O4S/c1-4-14(3)22-27(24,25)17-8-6-16(7-9-17)26-12-19(23)21-18-10-5-15(20)11-13(18)2/h5-11,14,22H,4,12H2,1-3H3,(H,21,23)/t14-/m1/s1. The van der Waals surface area contributed by atoms with Gasteiger partial charge < -0.3 is 10.1 Å². The van der Waals surface area contributed by atoms with Crippen LogP contribution in [0.4, 0.5) is 5.69 Å². The molecule has 0 aliphatic rings. The molecule has 1 amide bonds. The van der Waals surface area contributed by atoms with Gasteiger partial charge in [-0.15, -0.1) is 0 Å². The van der Waals surface area contributed by atoms with Gasteiger partial charge >= 0.3 is 0 Å². The third kappa shape index (κ3) is 6.23. The van der Waals surface area contributed by atoms with Crippen molar-refractivity contribution in [2.45, 2.75) is 38.1 Å². The molecular weight excluding hydrogens is 388 g/mol. The van der Waals surface area contributed by atoms with Gasteiger partial charge in [-0.05, 0) is 68.3 Å². The van der Waals surface area contributed by atoms with E-state index in [2.05, 4.69) is 10.0 Å². The summed E-state index contributed by atoms with van der Waals surface area (Å²) in [5, 5.41) is 3.34. The van der Waals surface area contributed by atoms with E-state index in [0.717, 1.165) is 5.56 Å². The van der Waals surface area contributed by atoms with E-state index in [0.29, 0.717) is 22.9 Å². The summed E-state index contributed by atoms with van der Waals surface area (Å²) >= 11 is 5.89. The lowest BCUT2D eigenvalue weighted by Crippen LogP contribution is -2.31. The Morgan fingerprint density at radius 1 is 1.19 bits per heavy atom. The zero-order valence-corrected chi connectivity index (χ0v) is 17.0. The molecule has 0 saturated carbocycles. The van der Waals surface area contributed by atoms with Crippen molar-refractivity contribution >= 4 is 33.2 Å². The summed E-state index contributed by atoms with van der Waals surface area (Å²) < 4.78 is 32.4. The number of halogens is 1. The van der Waals surface area contributed by atoms with Gasteiger partial charge in [-0.3, -0.25) is 4.79 Å². The highest BCUT2D eigenvalue weighted by Crippen LogP contribution is 2.20. The third-order valence-corrected chi connectivity index (χ3v) is 5.78. The molecule has 0 saturated heterocycles. The van der Waals surface area contributed by atoms with Gasteiger partial charge in [0, 0.05) is 16.8 Å². The molecule has 0 aliphatic carbocycles. The molecule has 146 valence electrons. The molecule has 2 aromatic carbocycles. The van der Waals surface area contributed by atoms with Crippen molar-refractivity contribution in [2.24, 2.45) is 0 Å². The lowest BCUT2D eigenvalue weighted by atomic mass is 10.2. The van der Waals surface area contributed by atoms with Crippen LogP contribution in [0.3, 0.4) is 0 Å². The van der Waals surface area contributed by atoms with Crippen molar-refractivity contribution in [1.82, 2.24) is 4.72 Å². The number of aryl methyl sites for hydroxylation is 1. The number of hydrogen-bond acceptors (Lipinski definition) is 4. The molecular formula is C19H23ClN2O4S. The third-order valence-electron chi connectivity index (χ3n) is 3.94. The largest absolute Gasteiger partial charge is 0.484 e. The first-order valence-corrected chi connectivity index (χ1v) is 10.4. The van der Waals surface area contributed by atoms with Crippen LogP contribution in [0.2, 0.25) is 5.02 Å². The Hall–Kier alpha value is -2.09. The van der Waals surface area contributed by atoms with Crippen molar-refractivity contribution < 1.29 is 17.9 Å². The first kappa shape index (κ1) is 21.2. The van der Waals surface area contributed by atoms with Gasteiger partial charge in [-0.1, -0.05) is 18.5 Å². The van der Waals surface area contributed by atoms with E-state index in [9.17, 15) is 13.2 Å². The molecule has 2 aromatic rings. The van der Waals surface area contributed by atoms with E-state index in [1.165, 1.54) is 24.3 Å². The fraction of sp³-hybridized carbons (Fsp3) is 0.316. The Bertz CT molecular complexity index is 898. The van der Waals surface area contributed by atoms with E-state index in [-0.39, 0.29) is 23.5 Å². The first-order chi connectivity index (χ1) is 12.7. The number of benzene rings is 2. The summed E-state index contributed by atoms with van der Waals surface area (Å²) in [6.07, 6.45) is 0.697. The van der Waals surface area contributed by atoms with Gasteiger partial charge in [0.15, 0.2) is 6.61 Å². The molecule has 0 aliphatic heterocycles. The molecule has 2 rings (SSSR count). The molecule has 8 heteroatoms. The summed E-state index contributed by atoms with van der Waals surface area (Å²) in [7, 11) is -3.56. The number of nitrogens with one attached hydrogen (secondary N) is 2. The number of hydrogen-bond donors (Lipinski definition) is 2. The highest BCUT2D eigenvalue weighted by Gasteiger charge is 2.16. The van der Waals surface area contributed by atoms with Gasteiger partial charge in [0.1, 0.15) is 5.75 Å². The SMILES string of the molecule is CC[C@@H](C)NS(=O)(=O)c1ccc(OCC(=O)Nc2ccc(Cl)cc2C)cc1. The number of amides is 1. The van der Waals surface area contributed by atoms with Gasteiger partial charge in [-0.25, -0.2) is 13.1 Å². The van der Waals surface area contributed by atoms with Gasteiger partial charge in [-0.2, -0.15) is 0 Å². The molecule has 0 aromatic heterocycles. The molecule has 0 heterocycles. The number of anilines is 1.